The van der Waals surface area contributed by atoms with Gasteiger partial charge in [0.15, 0.2) is 0 Å². The molecule has 5 heavy (non-hydrogen) atoms. The Labute approximate surface area is 29.7 Å². The molecule has 32 valence electrons. The van der Waals surface area contributed by atoms with Crippen LogP contribution in [0.3, 0.4) is 0 Å². The molecule has 0 unspecified atom stereocenters. The van der Waals surface area contributed by atoms with E-state index in [1.165, 1.54) is 6.92 Å². The summed E-state index contributed by atoms with van der Waals surface area (Å²) in [7, 11) is 0. The standard InChI is InChI=1S/C2H3N.FH.H2O/c1-2-3;;/h1H3;1H;1H2/i;1-1;1+2. The van der Waals surface area contributed by atoms with Gasteiger partial charge in [-0.2, -0.15) is 5.26 Å². The lowest BCUT2D eigenvalue weighted by Gasteiger charge is -1.15. The highest BCUT2D eigenvalue weighted by atomic mass is 18.0. The first-order valence-corrected chi connectivity index (χ1v) is 0.724. The molecule has 3 heteroatoms. The molecule has 0 aromatic carbocycles. The fourth-order valence-corrected chi connectivity index (χ4v) is 0. The maximum absolute atomic E-state index is 7.32. The average molecular weight is 80.1 g/mol. The van der Waals surface area contributed by atoms with Crippen molar-refractivity contribution < 1.29 is 10.2 Å². The molecule has 0 aromatic rings. The lowest BCUT2D eigenvalue weighted by Crippen LogP contribution is -1.10. The van der Waals surface area contributed by atoms with Crippen LogP contribution in [0.2, 0.25) is 0 Å². The third kappa shape index (κ3) is 16.7. The molecule has 0 saturated carbocycles. The second-order valence-electron chi connectivity index (χ2n) is 0.224. The van der Waals surface area contributed by atoms with Gasteiger partial charge >= 0.3 is 0 Å². The molecular weight excluding hydrogens is 74.0 g/mol. The Morgan fingerprint density at radius 2 is 1.60 bits per heavy atom. The van der Waals surface area contributed by atoms with Crippen LogP contribution in [0.1, 0.15) is 6.92 Å². The quantitative estimate of drug-likeness (QED) is 0.373. The van der Waals surface area contributed by atoms with Gasteiger partial charge in [-0.25, -0.2) is 0 Å². The number of halogens is 1. The minimum absolute atomic E-state index is 0. The summed E-state index contributed by atoms with van der Waals surface area (Å²) in [5.41, 5.74) is 0. The number of rotatable bonds is 0. The monoisotopic (exact) mass is 80.1 g/mol. The Kier molecular flexibility index (Phi) is 697. The molecule has 0 aliphatic rings. The smallest absolute Gasteiger partial charge is 0.0587 e. The molecule has 0 heterocycles. The molecule has 0 spiro atoms. The van der Waals surface area contributed by atoms with E-state index in [2.05, 4.69) is 0 Å². The normalized spacial score (nSPS) is 1.60. The van der Waals surface area contributed by atoms with Crippen LogP contribution in [0.25, 0.3) is 0 Å². The summed E-state index contributed by atoms with van der Waals surface area (Å²) in [5, 5.41) is 7.32. The molecule has 0 aliphatic heterocycles. The molecule has 0 rings (SSSR count). The zero-order valence-electron chi connectivity index (χ0n) is 2.86. The minimum atomic E-state index is 0. The highest BCUT2D eigenvalue weighted by molar-refractivity contribution is 4.51. The Morgan fingerprint density at radius 1 is 1.60 bits per heavy atom. The molecular formula is C2H6FNO. The van der Waals surface area contributed by atoms with Crippen LogP contribution in [0.15, 0.2) is 0 Å². The Hall–Kier alpha value is -0.620. The van der Waals surface area contributed by atoms with Gasteiger partial charge in [0.2, 0.25) is 0 Å². The van der Waals surface area contributed by atoms with Crippen molar-refractivity contribution in [3.8, 4) is 6.07 Å². The van der Waals surface area contributed by atoms with Crippen LogP contribution >= 0.6 is 0 Å². The zero-order chi connectivity index (χ0) is 2.71. The topological polar surface area (TPSA) is 55.3 Å². The third-order valence-electron chi connectivity index (χ3n) is 0. The van der Waals surface area contributed by atoms with E-state index in [9.17, 15) is 0 Å². The van der Waals surface area contributed by atoms with Crippen molar-refractivity contribution in [2.75, 3.05) is 0 Å². The summed E-state index contributed by atoms with van der Waals surface area (Å²) in [5.74, 6) is 0. The van der Waals surface area contributed by atoms with Crippen LogP contribution in [0, 0.1) is 11.3 Å². The first-order chi connectivity index (χ1) is 1.41. The van der Waals surface area contributed by atoms with Gasteiger partial charge in [0, 0.05) is 6.92 Å². The van der Waals surface area contributed by atoms with Gasteiger partial charge < -0.3 is 5.48 Å². The predicted molar refractivity (Wildman–Crippen MR) is 17.4 cm³/mol. The van der Waals surface area contributed by atoms with Gasteiger partial charge in [0.25, 0.3) is 0 Å². The van der Waals surface area contributed by atoms with Crippen molar-refractivity contribution >= 4 is 0 Å². The third-order valence-corrected chi connectivity index (χ3v) is 0. The first kappa shape index (κ1) is 26.3. The molecule has 0 bridgehead atoms. The Morgan fingerprint density at radius 3 is 1.60 bits per heavy atom. The maximum atomic E-state index is 7.32. The largest absolute Gasteiger partial charge is 0.412 e. The van der Waals surface area contributed by atoms with Crippen molar-refractivity contribution in [1.82, 2.24) is 0 Å². The average Bonchev–Trinajstić information content (AvgIpc) is 0.918. The van der Waals surface area contributed by atoms with Crippen LogP contribution in [0.5, 0.6) is 0 Å². The predicted octanol–water partition coefficient (Wildman–Crippen LogP) is -0.142. The number of hydrogen-bond acceptors (Lipinski definition) is 1. The van der Waals surface area contributed by atoms with Gasteiger partial charge in [-0.3, -0.25) is 4.70 Å². The molecule has 0 amide bonds. The molecule has 0 radical (unpaired) electrons. The first-order valence-electron chi connectivity index (χ1n) is 0.724. The van der Waals surface area contributed by atoms with Crippen molar-refractivity contribution in [2.24, 2.45) is 0 Å². The van der Waals surface area contributed by atoms with E-state index in [4.69, 9.17) is 5.26 Å². The molecule has 0 atom stereocenters. The molecule has 0 aromatic heterocycles. The lowest BCUT2D eigenvalue weighted by molar-refractivity contribution is 0.824. The van der Waals surface area contributed by atoms with Gasteiger partial charge in [-0.1, -0.05) is 0 Å². The summed E-state index contributed by atoms with van der Waals surface area (Å²) in [6.45, 7) is 1.43. The number of hydrogen-bond donors (Lipinski definition) is 0. The number of nitriles is 1. The number of nitrogens with zero attached hydrogens (tertiary/aromatic N) is 1. The van der Waals surface area contributed by atoms with Gasteiger partial charge in [-0.15, -0.1) is 0 Å². The molecule has 0 aliphatic carbocycles. The second kappa shape index (κ2) is 133. The fourth-order valence-electron chi connectivity index (χ4n) is 0. The van der Waals surface area contributed by atoms with Crippen molar-refractivity contribution in [3.63, 3.8) is 0 Å². The van der Waals surface area contributed by atoms with Crippen molar-refractivity contribution in [2.45, 2.75) is 6.92 Å². The van der Waals surface area contributed by atoms with Crippen LogP contribution in [-0.2, 0) is 0 Å². The van der Waals surface area contributed by atoms with Gasteiger partial charge in [-0.05, 0) is 0 Å². The minimum Gasteiger partial charge on any atom is -0.412 e. The molecule has 2 N–H and O–H groups in total. The summed E-state index contributed by atoms with van der Waals surface area (Å²) in [6, 6.07) is 1.75. The molecule has 0 saturated heterocycles. The lowest BCUT2D eigenvalue weighted by atomic mass is 11.0. The van der Waals surface area contributed by atoms with E-state index >= 15 is 0 Å². The van der Waals surface area contributed by atoms with Crippen LogP contribution in [-0.4, -0.2) is 5.48 Å². The Balaban J connectivity index is -0.0000000200. The van der Waals surface area contributed by atoms with E-state index in [1.807, 2.05) is 0 Å². The summed E-state index contributed by atoms with van der Waals surface area (Å²) in [4.78, 5) is 0. The van der Waals surface area contributed by atoms with Gasteiger partial charge in [0.05, 0.1) is 6.07 Å². The Bertz CT molecular complexity index is 31.1. The maximum Gasteiger partial charge on any atom is 0.0587 e. The van der Waals surface area contributed by atoms with E-state index in [0.717, 1.165) is 0 Å². The van der Waals surface area contributed by atoms with E-state index in [1.54, 1.807) is 6.07 Å². The molecule has 2 nitrogen and oxygen atoms in total. The highest BCUT2D eigenvalue weighted by Crippen LogP contribution is 1.21. The van der Waals surface area contributed by atoms with Crippen molar-refractivity contribution in [3.05, 3.63) is 0 Å². The fraction of sp³-hybridized carbons (Fsp3) is 0.500. The van der Waals surface area contributed by atoms with E-state index < -0.39 is 0 Å². The summed E-state index contributed by atoms with van der Waals surface area (Å²) >= 11 is 0. The van der Waals surface area contributed by atoms with Crippen LogP contribution in [0.4, 0.5) is 4.70 Å². The molecule has 0 fully saturated rings. The van der Waals surface area contributed by atoms with Gasteiger partial charge in [0.1, 0.15) is 0 Å². The highest BCUT2D eigenvalue weighted by Gasteiger charge is 1.17. The second-order valence-corrected chi connectivity index (χ2v) is 0.224. The van der Waals surface area contributed by atoms with Crippen LogP contribution < -0.4 is 0 Å². The van der Waals surface area contributed by atoms with E-state index in [-0.39, 0.29) is 10.2 Å². The SMILES string of the molecule is CC#N.[18FH].[18OH2]. The van der Waals surface area contributed by atoms with Crippen molar-refractivity contribution in [1.29, 1.82) is 5.26 Å². The summed E-state index contributed by atoms with van der Waals surface area (Å²) < 4.78 is 0. The van der Waals surface area contributed by atoms with E-state index in [0.29, 0.717) is 0 Å². The summed E-state index contributed by atoms with van der Waals surface area (Å²) in [6.07, 6.45) is 0. The zero-order valence-corrected chi connectivity index (χ0v) is 2.86.